The van der Waals surface area contributed by atoms with E-state index in [1.165, 1.54) is 21.2 Å². The van der Waals surface area contributed by atoms with Gasteiger partial charge in [-0.15, -0.1) is 0 Å². The van der Waals surface area contributed by atoms with E-state index in [1.54, 1.807) is 11.8 Å². The Kier molecular flexibility index (Phi) is 4.27. The van der Waals surface area contributed by atoms with Crippen LogP contribution in [0, 0.1) is 0 Å². The van der Waals surface area contributed by atoms with Gasteiger partial charge in [-0.3, -0.25) is 0 Å². The van der Waals surface area contributed by atoms with Gasteiger partial charge in [-0.25, -0.2) is 4.57 Å². The molecule has 0 aliphatic carbocycles. The highest BCUT2D eigenvalue weighted by Crippen LogP contribution is 2.45. The molecular weight excluding hydrogens is 280 g/mol. The maximum absolute atomic E-state index is 8.86. The molecule has 0 bridgehead atoms. The number of thioether (sulfide) groups is 1. The van der Waals surface area contributed by atoms with Crippen molar-refractivity contribution >= 4 is 23.5 Å². The minimum absolute atomic E-state index is 0.235. The zero-order valence-electron chi connectivity index (χ0n) is 12.1. The summed E-state index contributed by atoms with van der Waals surface area (Å²) in [5.74, 6) is 0. The lowest BCUT2D eigenvalue weighted by atomic mass is 10.2. The van der Waals surface area contributed by atoms with Crippen LogP contribution >= 0.6 is 11.8 Å². The fraction of sp³-hybridized carbons (Fsp3) is 0.235. The van der Waals surface area contributed by atoms with E-state index in [1.807, 2.05) is 0 Å². The third-order valence-electron chi connectivity index (χ3n) is 3.55. The number of fused-ring (bicyclic) bond motifs is 1. The monoisotopic (exact) mass is 299 g/mol. The van der Waals surface area contributed by atoms with Crippen LogP contribution in [0.25, 0.3) is 6.08 Å². The maximum Gasteiger partial charge on any atom is 0.169 e. The summed E-state index contributed by atoms with van der Waals surface area (Å²) >= 11 is 1.80. The molecule has 4 heteroatoms. The van der Waals surface area contributed by atoms with E-state index in [4.69, 9.17) is 5.11 Å². The molecule has 3 nitrogen and oxygen atoms in total. The third kappa shape index (κ3) is 3.12. The number of aryl methyl sites for hydroxylation is 1. The van der Waals surface area contributed by atoms with Gasteiger partial charge in [0.1, 0.15) is 0 Å². The molecule has 0 fully saturated rings. The van der Waals surface area contributed by atoms with Crippen LogP contribution in [0.2, 0.25) is 0 Å². The molecule has 0 radical (unpaired) electrons. The fourth-order valence-electron chi connectivity index (χ4n) is 2.36. The van der Waals surface area contributed by atoms with Gasteiger partial charge < -0.3 is 10.0 Å². The topological polar surface area (TPSA) is 27.4 Å². The van der Waals surface area contributed by atoms with Crippen molar-refractivity contribution in [3.05, 3.63) is 59.4 Å². The minimum atomic E-state index is 0.235. The zero-order chi connectivity index (χ0) is 14.7. The normalized spacial score (nSPS) is 15.5. The van der Waals surface area contributed by atoms with Crippen molar-refractivity contribution in [3.8, 4) is 0 Å². The molecule has 0 unspecified atom stereocenters. The molecule has 1 aromatic heterocycles. The van der Waals surface area contributed by atoms with Gasteiger partial charge in [0, 0.05) is 37.1 Å². The van der Waals surface area contributed by atoms with Gasteiger partial charge >= 0.3 is 0 Å². The number of aromatic nitrogens is 1. The molecule has 0 spiro atoms. The van der Waals surface area contributed by atoms with Crippen LogP contribution in [0.3, 0.4) is 0 Å². The molecule has 1 aliphatic rings. The molecule has 0 saturated heterocycles. The van der Waals surface area contributed by atoms with Gasteiger partial charge in [0.25, 0.3) is 0 Å². The number of hydrogen-bond acceptors (Lipinski definition) is 3. The number of nitrogens with zero attached hydrogens (tertiary/aromatic N) is 2. The molecule has 0 amide bonds. The molecule has 21 heavy (non-hydrogen) atoms. The molecule has 2 heterocycles. The van der Waals surface area contributed by atoms with Crippen LogP contribution in [0.4, 0.5) is 5.69 Å². The van der Waals surface area contributed by atoms with Crippen molar-refractivity contribution in [2.75, 3.05) is 18.6 Å². The zero-order valence-corrected chi connectivity index (χ0v) is 12.9. The highest BCUT2D eigenvalue weighted by Gasteiger charge is 2.20. The Labute approximate surface area is 129 Å². The Hall–Kier alpha value is -1.78. The molecule has 2 aromatic rings. The molecule has 0 atom stereocenters. The van der Waals surface area contributed by atoms with E-state index in [9.17, 15) is 0 Å². The van der Waals surface area contributed by atoms with Crippen molar-refractivity contribution in [3.63, 3.8) is 0 Å². The van der Waals surface area contributed by atoms with Crippen LogP contribution in [0.15, 0.2) is 58.7 Å². The van der Waals surface area contributed by atoms with E-state index in [2.05, 4.69) is 71.4 Å². The van der Waals surface area contributed by atoms with Crippen molar-refractivity contribution in [2.24, 2.45) is 0 Å². The maximum atomic E-state index is 8.86. The standard InChI is InChI=1S/C17H19N2OS/c1-18-15-5-2-3-6-16(15)21-17(18)13-14-7-10-19(11-8-14)9-4-12-20/h2-3,5-8,10-11,13,20H,4,9,12H2,1H3/q+1. The largest absolute Gasteiger partial charge is 0.396 e. The van der Waals surface area contributed by atoms with E-state index >= 15 is 0 Å². The quantitative estimate of drug-likeness (QED) is 0.880. The Morgan fingerprint density at radius 2 is 1.95 bits per heavy atom. The number of benzene rings is 1. The highest BCUT2D eigenvalue weighted by atomic mass is 32.2. The molecule has 1 aromatic carbocycles. The van der Waals surface area contributed by atoms with Gasteiger partial charge in [-0.05, 0) is 23.8 Å². The van der Waals surface area contributed by atoms with Crippen LogP contribution in [-0.4, -0.2) is 18.8 Å². The Morgan fingerprint density at radius 1 is 1.19 bits per heavy atom. The number of hydrogen-bond donors (Lipinski definition) is 1. The Balaban J connectivity index is 1.77. The second-order valence-corrected chi connectivity index (χ2v) is 6.12. The summed E-state index contributed by atoms with van der Waals surface area (Å²) in [7, 11) is 2.11. The predicted octanol–water partition coefficient (Wildman–Crippen LogP) is 2.90. The summed E-state index contributed by atoms with van der Waals surface area (Å²) < 4.78 is 2.10. The lowest BCUT2D eigenvalue weighted by Crippen LogP contribution is -2.32. The number of pyridine rings is 1. The highest BCUT2D eigenvalue weighted by molar-refractivity contribution is 8.03. The summed E-state index contributed by atoms with van der Waals surface area (Å²) in [6.07, 6.45) is 7.13. The Morgan fingerprint density at radius 3 is 2.67 bits per heavy atom. The fourth-order valence-corrected chi connectivity index (χ4v) is 3.47. The first kappa shape index (κ1) is 14.2. The summed E-state index contributed by atoms with van der Waals surface area (Å²) in [4.78, 5) is 3.53. The minimum Gasteiger partial charge on any atom is -0.396 e. The number of aliphatic hydroxyl groups excluding tert-OH is 1. The van der Waals surface area contributed by atoms with Crippen molar-refractivity contribution in [1.29, 1.82) is 0 Å². The van der Waals surface area contributed by atoms with E-state index in [0.717, 1.165) is 13.0 Å². The molecule has 3 rings (SSSR count). The van der Waals surface area contributed by atoms with E-state index in [-0.39, 0.29) is 6.61 Å². The van der Waals surface area contributed by atoms with Gasteiger partial charge in [0.15, 0.2) is 18.9 Å². The smallest absolute Gasteiger partial charge is 0.169 e. The summed E-state index contributed by atoms with van der Waals surface area (Å²) in [6, 6.07) is 12.7. The summed E-state index contributed by atoms with van der Waals surface area (Å²) in [6.45, 7) is 1.09. The lowest BCUT2D eigenvalue weighted by molar-refractivity contribution is -0.697. The third-order valence-corrected chi connectivity index (χ3v) is 4.72. The van der Waals surface area contributed by atoms with Gasteiger partial charge in [0.05, 0.1) is 10.7 Å². The average Bonchev–Trinajstić information content (AvgIpc) is 2.83. The first-order chi connectivity index (χ1) is 10.3. The first-order valence-electron chi connectivity index (χ1n) is 7.10. The number of rotatable bonds is 4. The van der Waals surface area contributed by atoms with Crippen molar-refractivity contribution < 1.29 is 9.67 Å². The van der Waals surface area contributed by atoms with Crippen molar-refractivity contribution in [1.82, 2.24) is 0 Å². The van der Waals surface area contributed by atoms with Crippen LogP contribution < -0.4 is 9.47 Å². The van der Waals surface area contributed by atoms with Crippen molar-refractivity contribution in [2.45, 2.75) is 17.9 Å². The van der Waals surface area contributed by atoms with Gasteiger partial charge in [-0.1, -0.05) is 23.9 Å². The second kappa shape index (κ2) is 6.33. The second-order valence-electron chi connectivity index (χ2n) is 5.06. The molecule has 1 N–H and O–H groups in total. The van der Waals surface area contributed by atoms with Gasteiger partial charge in [-0.2, -0.15) is 0 Å². The molecule has 108 valence electrons. The van der Waals surface area contributed by atoms with Crippen LogP contribution in [-0.2, 0) is 6.54 Å². The summed E-state index contributed by atoms with van der Waals surface area (Å²) in [5.41, 5.74) is 2.46. The van der Waals surface area contributed by atoms with E-state index in [0.29, 0.717) is 0 Å². The summed E-state index contributed by atoms with van der Waals surface area (Å²) in [5, 5.41) is 10.1. The van der Waals surface area contributed by atoms with Gasteiger partial charge in [0.2, 0.25) is 0 Å². The Bertz CT molecular complexity index is 652. The van der Waals surface area contributed by atoms with E-state index < -0.39 is 0 Å². The van der Waals surface area contributed by atoms with Crippen LogP contribution in [0.5, 0.6) is 0 Å². The molecular formula is C17H19N2OS+. The van der Waals surface area contributed by atoms with Crippen LogP contribution in [0.1, 0.15) is 12.0 Å². The SMILES string of the molecule is CN1/C(=C/c2cc[n+](CCCO)cc2)Sc2ccccc21. The predicted molar refractivity (Wildman–Crippen MR) is 87.0 cm³/mol. The molecule has 0 saturated carbocycles. The number of anilines is 1. The number of para-hydroxylation sites is 1. The first-order valence-corrected chi connectivity index (χ1v) is 7.92. The molecule has 1 aliphatic heterocycles. The lowest BCUT2D eigenvalue weighted by Gasteiger charge is -2.13. The average molecular weight is 299 g/mol. The number of aliphatic hydroxyl groups is 1.